The highest BCUT2D eigenvalue weighted by molar-refractivity contribution is 5.97. The predicted octanol–water partition coefficient (Wildman–Crippen LogP) is 3.18. The maximum atomic E-state index is 15.1. The van der Waals surface area contributed by atoms with Crippen molar-refractivity contribution in [2.24, 2.45) is 0 Å². The molecule has 4 amide bonds. The minimum Gasteiger partial charge on any atom is -0.461 e. The Balaban J connectivity index is 1.54. The van der Waals surface area contributed by atoms with E-state index in [-0.39, 0.29) is 83.1 Å². The van der Waals surface area contributed by atoms with E-state index in [1.165, 1.54) is 28.9 Å². The Morgan fingerprint density at radius 2 is 1.23 bits per heavy atom. The molecule has 15 nitrogen and oxygen atoms in total. The quantitative estimate of drug-likeness (QED) is 0.0828. The van der Waals surface area contributed by atoms with Gasteiger partial charge in [-0.05, 0) is 107 Å². The summed E-state index contributed by atoms with van der Waals surface area (Å²) in [4.78, 5) is 75.5. The summed E-state index contributed by atoms with van der Waals surface area (Å²) >= 11 is 0. The molecule has 0 aliphatic carbocycles. The molecule has 6 rings (SSSR count). The van der Waals surface area contributed by atoms with Crippen LogP contribution >= 0.6 is 0 Å². The Labute approximate surface area is 359 Å². The smallest absolute Gasteiger partial charge is 0.302 e. The molecule has 4 heterocycles. The highest BCUT2D eigenvalue weighted by Gasteiger charge is 2.42. The van der Waals surface area contributed by atoms with Gasteiger partial charge in [0.05, 0.1) is 36.1 Å². The van der Waals surface area contributed by atoms with Crippen LogP contribution in [0.25, 0.3) is 33.2 Å². The molecule has 0 bridgehead atoms. The van der Waals surface area contributed by atoms with Crippen molar-refractivity contribution < 1.29 is 48.1 Å². The first-order valence-electron chi connectivity index (χ1n) is 22.6. The van der Waals surface area contributed by atoms with Gasteiger partial charge in [0.2, 0.25) is 23.6 Å². The third-order valence-corrected chi connectivity index (χ3v) is 11.5. The van der Waals surface area contributed by atoms with Gasteiger partial charge in [0.1, 0.15) is 29.8 Å². The Hall–Kier alpha value is -5.39. The Kier molecular flexibility index (Phi) is 12.5. The Bertz CT molecular complexity index is 2470. The number of hydrogen-bond acceptors (Lipinski definition) is 9. The van der Waals surface area contributed by atoms with Crippen LogP contribution in [0.2, 0.25) is 0 Å². The number of carbonyl (C=O) groups excluding carboxylic acids is 5. The number of aliphatic hydroxyl groups is 1. The lowest BCUT2D eigenvalue weighted by Gasteiger charge is -2.30. The number of hydrogen-bond donors (Lipinski definition) is 7. The zero-order chi connectivity index (χ0) is 47.9. The van der Waals surface area contributed by atoms with E-state index in [1.807, 2.05) is 0 Å². The molecule has 0 radical (unpaired) electrons. The van der Waals surface area contributed by atoms with Gasteiger partial charge in [0, 0.05) is 59.3 Å². The van der Waals surface area contributed by atoms with Crippen molar-refractivity contribution in [3.63, 3.8) is 0 Å². The number of aliphatic hydroxyl groups excluding tert-OH is 1. The van der Waals surface area contributed by atoms with Gasteiger partial charge in [0.25, 0.3) is 0 Å². The second-order valence-electron chi connectivity index (χ2n) is 15.7. The van der Waals surface area contributed by atoms with Gasteiger partial charge in [-0.25, -0.2) is 8.78 Å². The second kappa shape index (κ2) is 19.1. The van der Waals surface area contributed by atoms with Crippen molar-refractivity contribution in [1.29, 1.82) is 0 Å². The van der Waals surface area contributed by atoms with E-state index in [0.717, 1.165) is 24.3 Å². The molecule has 0 unspecified atom stereocenters. The molecule has 2 aromatic heterocycles. The number of fused-ring (bicyclic) bond motifs is 2. The monoisotopic (exact) mass is 852 g/mol. The average molecular weight is 853 g/mol. The topological polar surface area (TPSA) is 201 Å². The van der Waals surface area contributed by atoms with Crippen molar-refractivity contribution in [3.8, 4) is 11.4 Å². The van der Waals surface area contributed by atoms with Crippen LogP contribution in [0.5, 0.6) is 0 Å². The zero-order valence-corrected chi connectivity index (χ0v) is 35.4. The van der Waals surface area contributed by atoms with Crippen LogP contribution in [-0.2, 0) is 41.5 Å². The number of H-pyrrole nitrogens is 2. The van der Waals surface area contributed by atoms with Crippen LogP contribution in [0.3, 0.4) is 0 Å². The zero-order valence-electron chi connectivity index (χ0n) is 39.4. The van der Waals surface area contributed by atoms with Crippen LogP contribution in [0.4, 0.5) is 8.78 Å². The molecule has 61 heavy (non-hydrogen) atoms. The van der Waals surface area contributed by atoms with E-state index in [2.05, 4.69) is 31.2 Å². The van der Waals surface area contributed by atoms with Crippen molar-refractivity contribution in [1.82, 2.24) is 41.0 Å². The number of likely N-dealkylation sites (tertiary alicyclic amines) is 2. The number of aromatic amines is 2. The molecule has 2 saturated heterocycles. The molecular formula is C44H58F2N8O7. The van der Waals surface area contributed by atoms with E-state index in [1.54, 1.807) is 41.8 Å². The van der Waals surface area contributed by atoms with E-state index in [0.29, 0.717) is 0 Å². The number of aromatic nitrogens is 2. The molecule has 2 aliphatic rings. The van der Waals surface area contributed by atoms with Gasteiger partial charge in [-0.2, -0.15) is 0 Å². The fourth-order valence-electron chi connectivity index (χ4n) is 7.97. The number of carbonyl (C=O) groups is 5. The minimum atomic E-state index is -2.62. The third-order valence-electron chi connectivity index (χ3n) is 11.5. The molecule has 0 saturated carbocycles. The summed E-state index contributed by atoms with van der Waals surface area (Å²) in [5.74, 6) is -4.28. The van der Waals surface area contributed by atoms with Crippen LogP contribution in [0, 0.1) is 11.6 Å². The molecule has 8 atom stereocenters. The number of ether oxygens (including phenoxy) is 1. The summed E-state index contributed by atoms with van der Waals surface area (Å²) in [6.45, 7) is 7.25. The molecule has 2 aliphatic heterocycles. The Morgan fingerprint density at radius 1 is 0.787 bits per heavy atom. The van der Waals surface area contributed by atoms with Crippen LogP contribution in [-0.4, -0.2) is 130 Å². The first-order valence-corrected chi connectivity index (χ1v) is 20.6. The van der Waals surface area contributed by atoms with E-state index in [4.69, 9.17) is 4.74 Å². The van der Waals surface area contributed by atoms with Crippen molar-refractivity contribution in [2.45, 2.75) is 122 Å². The number of benzene rings is 2. The normalized spacial score (nSPS) is 22.5. The van der Waals surface area contributed by atoms with Gasteiger partial charge in [0.15, 0.2) is 0 Å². The summed E-state index contributed by atoms with van der Waals surface area (Å²) < 4.78 is 75.5. The van der Waals surface area contributed by atoms with Crippen molar-refractivity contribution >= 4 is 51.4 Å². The third kappa shape index (κ3) is 9.73. The van der Waals surface area contributed by atoms with Gasteiger partial charge in [-0.1, -0.05) is 13.8 Å². The fraction of sp³-hybridized carbons (Fsp3) is 0.523. The number of halogens is 2. The maximum absolute atomic E-state index is 15.1. The molecule has 2 aromatic carbocycles. The van der Waals surface area contributed by atoms with Crippen LogP contribution < -0.4 is 21.3 Å². The first kappa shape index (κ1) is 39.7. The van der Waals surface area contributed by atoms with E-state index < -0.39 is 102 Å². The van der Waals surface area contributed by atoms with Gasteiger partial charge < -0.3 is 50.9 Å². The number of rotatable bonds is 16. The average Bonchev–Trinajstić information content (AvgIpc) is 4.06. The summed E-state index contributed by atoms with van der Waals surface area (Å²) in [6, 6.07) is 0.912. The lowest BCUT2D eigenvalue weighted by atomic mass is 9.94. The van der Waals surface area contributed by atoms with Crippen molar-refractivity contribution in [2.75, 3.05) is 27.2 Å². The standard InChI is InChI=1S/C44H58F2N8O7/c1-8-35(51-41(57)22(3)47-6)43(59)53-20-29(56)16-27(53)18-33-31-12-10-25(45)14-37(31)49-39(33)40-34(32-13-11-26(46)15-38(32)50-40)19-28-17-30(61-24(5)55)21-54(28)44(60)36(9-2)52-42(58)23(4)48-7/h10-15,22-23,27-30,35-36,47-50,56H,8-9,16-21H2,1-7H3,(H,51,57)(H,52,58)/t22-,23-,27-,28-,29-,30-,35-,36-/m0/s1/i18D2,19D2. The first-order chi connectivity index (χ1) is 30.6. The lowest BCUT2D eigenvalue weighted by Crippen LogP contribution is -2.53. The van der Waals surface area contributed by atoms with Crippen LogP contribution in [0.1, 0.15) is 76.9 Å². The SMILES string of the molecule is [2H]C([2H])(c1c(-c2[nH]c3cc(F)ccc3c2C([2H])([2H])[C@@H]2C[C@H](OC(C)=O)CN2C(=O)[C@H](CC)NC(=O)[C@H](C)NC)[nH]c2cc(F)ccc12)[C@@H]1C[C@H](O)CN1C(=O)[C@H](CC)NC(=O)[C@H](C)NC. The second-order valence-corrected chi connectivity index (χ2v) is 15.7. The van der Waals surface area contributed by atoms with Gasteiger partial charge in [-0.15, -0.1) is 0 Å². The highest BCUT2D eigenvalue weighted by Crippen LogP contribution is 2.40. The number of nitrogens with zero attached hydrogens (tertiary/aromatic N) is 2. The highest BCUT2D eigenvalue weighted by atomic mass is 19.1. The fourth-order valence-corrected chi connectivity index (χ4v) is 7.97. The lowest BCUT2D eigenvalue weighted by molar-refractivity contribution is -0.146. The van der Waals surface area contributed by atoms with E-state index >= 15 is 8.78 Å². The minimum absolute atomic E-state index is 0.0878. The van der Waals surface area contributed by atoms with Crippen LogP contribution in [0.15, 0.2) is 36.4 Å². The summed E-state index contributed by atoms with van der Waals surface area (Å²) in [7, 11) is 3.16. The molecular weight excluding hydrogens is 791 g/mol. The number of amides is 4. The molecule has 0 spiro atoms. The van der Waals surface area contributed by atoms with Gasteiger partial charge >= 0.3 is 5.97 Å². The molecule has 330 valence electrons. The molecule has 7 N–H and O–H groups in total. The number of esters is 1. The summed E-state index contributed by atoms with van der Waals surface area (Å²) in [5.41, 5.74) is -0.275. The summed E-state index contributed by atoms with van der Waals surface area (Å²) in [5, 5.41) is 22.4. The summed E-state index contributed by atoms with van der Waals surface area (Å²) in [6.07, 6.45) is -7.54. The number of nitrogens with one attached hydrogen (secondary N) is 6. The molecule has 4 aromatic rings. The molecule has 17 heteroatoms. The maximum Gasteiger partial charge on any atom is 0.302 e. The predicted molar refractivity (Wildman–Crippen MR) is 226 cm³/mol. The number of likely N-dealkylation sites (N-methyl/N-ethyl adjacent to an activating group) is 2. The van der Waals surface area contributed by atoms with Gasteiger partial charge in [-0.3, -0.25) is 24.0 Å². The Morgan fingerprint density at radius 3 is 1.66 bits per heavy atom. The largest absolute Gasteiger partial charge is 0.461 e. The molecule has 2 fully saturated rings. The number of β-amino-alcohol motifs (C(OH)–C–C–N with tert-alkyl or cyclic N) is 1. The van der Waals surface area contributed by atoms with E-state index in [9.17, 15) is 34.6 Å². The van der Waals surface area contributed by atoms with Crippen molar-refractivity contribution in [3.05, 3.63) is 59.2 Å².